The summed E-state index contributed by atoms with van der Waals surface area (Å²) in [4.78, 5) is 0. The lowest BCUT2D eigenvalue weighted by atomic mass is 10.1. The molecule has 0 saturated carbocycles. The molecular formula is C17H41N3. The fraction of sp³-hybridized carbons (Fsp3) is 1.00. The number of hydrogen-bond donors (Lipinski definition) is 3. The molecule has 0 heterocycles. The summed E-state index contributed by atoms with van der Waals surface area (Å²) in [6, 6.07) is 0.658. The van der Waals surface area contributed by atoms with Crippen molar-refractivity contribution < 1.29 is 0 Å². The highest BCUT2D eigenvalue weighted by Gasteiger charge is 2.05. The fourth-order valence-corrected chi connectivity index (χ4v) is 1.90. The van der Waals surface area contributed by atoms with Crippen LogP contribution < -0.4 is 16.0 Å². The lowest BCUT2D eigenvalue weighted by Crippen LogP contribution is -2.39. The van der Waals surface area contributed by atoms with Crippen molar-refractivity contribution in [3.63, 3.8) is 0 Å². The van der Waals surface area contributed by atoms with Crippen molar-refractivity contribution in [2.75, 3.05) is 32.7 Å². The molecule has 0 aliphatic carbocycles. The van der Waals surface area contributed by atoms with Crippen LogP contribution in [0.2, 0.25) is 0 Å². The molecule has 0 aromatic heterocycles. The zero-order valence-corrected chi connectivity index (χ0v) is 14.9. The topological polar surface area (TPSA) is 36.1 Å². The molecule has 0 spiro atoms. The van der Waals surface area contributed by atoms with Crippen molar-refractivity contribution in [2.24, 2.45) is 0 Å². The van der Waals surface area contributed by atoms with Gasteiger partial charge in [0, 0.05) is 12.6 Å². The SMILES string of the molecule is CCC.CCCCNC(CCC)CNCCCNCC. The lowest BCUT2D eigenvalue weighted by Gasteiger charge is -2.18. The molecule has 0 rings (SSSR count). The Morgan fingerprint density at radius 2 is 1.40 bits per heavy atom. The van der Waals surface area contributed by atoms with E-state index in [9.17, 15) is 0 Å². The summed E-state index contributed by atoms with van der Waals surface area (Å²) in [5.41, 5.74) is 0. The third-order valence-corrected chi connectivity index (χ3v) is 2.95. The first-order valence-electron chi connectivity index (χ1n) is 8.91. The van der Waals surface area contributed by atoms with E-state index in [-0.39, 0.29) is 0 Å². The second-order valence-electron chi connectivity index (χ2n) is 5.41. The van der Waals surface area contributed by atoms with E-state index >= 15 is 0 Å². The van der Waals surface area contributed by atoms with Crippen molar-refractivity contribution in [2.45, 2.75) is 79.2 Å². The molecule has 0 bridgehead atoms. The fourth-order valence-electron chi connectivity index (χ4n) is 1.90. The Hall–Kier alpha value is -0.120. The molecule has 0 aliphatic rings. The van der Waals surface area contributed by atoms with Crippen molar-refractivity contribution >= 4 is 0 Å². The highest BCUT2D eigenvalue weighted by molar-refractivity contribution is 4.69. The molecule has 0 saturated heterocycles. The molecule has 3 nitrogen and oxygen atoms in total. The molecule has 1 atom stereocenters. The molecule has 0 amide bonds. The average molecular weight is 288 g/mol. The molecule has 0 fully saturated rings. The van der Waals surface area contributed by atoms with Gasteiger partial charge in [0.25, 0.3) is 0 Å². The van der Waals surface area contributed by atoms with Gasteiger partial charge in [0.1, 0.15) is 0 Å². The molecule has 3 heteroatoms. The van der Waals surface area contributed by atoms with E-state index in [0.717, 1.165) is 26.2 Å². The predicted octanol–water partition coefficient (Wildman–Crippen LogP) is 3.55. The van der Waals surface area contributed by atoms with Crippen LogP contribution in [0.3, 0.4) is 0 Å². The van der Waals surface area contributed by atoms with Gasteiger partial charge in [0.15, 0.2) is 0 Å². The Labute approximate surface area is 128 Å². The van der Waals surface area contributed by atoms with E-state index in [1.54, 1.807) is 0 Å². The summed E-state index contributed by atoms with van der Waals surface area (Å²) < 4.78 is 0. The van der Waals surface area contributed by atoms with Gasteiger partial charge in [-0.1, -0.05) is 53.9 Å². The van der Waals surface area contributed by atoms with Gasteiger partial charge in [-0.05, 0) is 45.4 Å². The maximum absolute atomic E-state index is 3.65. The molecule has 124 valence electrons. The summed E-state index contributed by atoms with van der Waals surface area (Å²) in [6.07, 6.45) is 7.59. The summed E-state index contributed by atoms with van der Waals surface area (Å²) in [5.74, 6) is 0. The highest BCUT2D eigenvalue weighted by atomic mass is 15.0. The van der Waals surface area contributed by atoms with E-state index in [1.165, 1.54) is 45.1 Å². The number of rotatable bonds is 13. The Kier molecular flexibility index (Phi) is 23.5. The summed E-state index contributed by atoms with van der Waals surface area (Å²) in [5, 5.41) is 10.5. The number of hydrogen-bond acceptors (Lipinski definition) is 3. The van der Waals surface area contributed by atoms with E-state index in [2.05, 4.69) is 50.6 Å². The minimum absolute atomic E-state index is 0.658. The quantitative estimate of drug-likeness (QED) is 0.453. The van der Waals surface area contributed by atoms with E-state index < -0.39 is 0 Å². The van der Waals surface area contributed by atoms with E-state index in [4.69, 9.17) is 0 Å². The zero-order chi connectivity index (χ0) is 15.5. The van der Waals surface area contributed by atoms with Gasteiger partial charge in [-0.25, -0.2) is 0 Å². The first-order valence-corrected chi connectivity index (χ1v) is 8.91. The van der Waals surface area contributed by atoms with Crippen LogP contribution in [0.15, 0.2) is 0 Å². The summed E-state index contributed by atoms with van der Waals surface area (Å²) in [7, 11) is 0. The Bertz CT molecular complexity index is 151. The highest BCUT2D eigenvalue weighted by Crippen LogP contribution is 1.96. The van der Waals surface area contributed by atoms with Crippen molar-refractivity contribution in [1.29, 1.82) is 0 Å². The predicted molar refractivity (Wildman–Crippen MR) is 93.6 cm³/mol. The largest absolute Gasteiger partial charge is 0.317 e. The Morgan fingerprint density at radius 3 is 1.95 bits per heavy atom. The van der Waals surface area contributed by atoms with Crippen LogP contribution in [-0.4, -0.2) is 38.8 Å². The van der Waals surface area contributed by atoms with Crippen LogP contribution in [0.5, 0.6) is 0 Å². The van der Waals surface area contributed by atoms with Gasteiger partial charge in [-0.3, -0.25) is 0 Å². The van der Waals surface area contributed by atoms with Gasteiger partial charge in [0.05, 0.1) is 0 Å². The first kappa shape index (κ1) is 22.2. The van der Waals surface area contributed by atoms with Crippen LogP contribution in [0.4, 0.5) is 0 Å². The maximum Gasteiger partial charge on any atom is 0.0192 e. The van der Waals surface area contributed by atoms with Crippen molar-refractivity contribution in [3.05, 3.63) is 0 Å². The Morgan fingerprint density at radius 1 is 0.750 bits per heavy atom. The van der Waals surface area contributed by atoms with Crippen molar-refractivity contribution in [3.8, 4) is 0 Å². The van der Waals surface area contributed by atoms with Gasteiger partial charge >= 0.3 is 0 Å². The molecule has 0 radical (unpaired) electrons. The Balaban J connectivity index is 0. The van der Waals surface area contributed by atoms with Crippen LogP contribution >= 0.6 is 0 Å². The second kappa shape index (κ2) is 21.2. The molecule has 0 aromatic carbocycles. The normalized spacial score (nSPS) is 11.8. The monoisotopic (exact) mass is 287 g/mol. The van der Waals surface area contributed by atoms with Crippen LogP contribution in [-0.2, 0) is 0 Å². The van der Waals surface area contributed by atoms with Gasteiger partial charge in [-0.2, -0.15) is 0 Å². The van der Waals surface area contributed by atoms with Crippen LogP contribution in [0.1, 0.15) is 73.1 Å². The zero-order valence-electron chi connectivity index (χ0n) is 14.9. The third-order valence-electron chi connectivity index (χ3n) is 2.95. The van der Waals surface area contributed by atoms with Gasteiger partial charge in [0.2, 0.25) is 0 Å². The third kappa shape index (κ3) is 20.2. The maximum atomic E-state index is 3.65. The summed E-state index contributed by atoms with van der Waals surface area (Å²) >= 11 is 0. The number of nitrogens with one attached hydrogen (secondary N) is 3. The minimum atomic E-state index is 0.658. The second-order valence-corrected chi connectivity index (χ2v) is 5.41. The molecule has 0 aliphatic heterocycles. The summed E-state index contributed by atoms with van der Waals surface area (Å²) in [6.45, 7) is 16.5. The molecular weight excluding hydrogens is 246 g/mol. The van der Waals surface area contributed by atoms with E-state index in [1.807, 2.05) is 0 Å². The standard InChI is InChI=1S/C14H33N3.C3H8/c1-4-7-12-17-14(9-5-2)13-16-11-8-10-15-6-3;1-3-2/h14-17H,4-13H2,1-3H3;3H2,1-2H3. The molecule has 3 N–H and O–H groups in total. The molecule has 0 aromatic rings. The smallest absolute Gasteiger partial charge is 0.0192 e. The van der Waals surface area contributed by atoms with E-state index in [0.29, 0.717) is 6.04 Å². The lowest BCUT2D eigenvalue weighted by molar-refractivity contribution is 0.437. The molecule has 1 unspecified atom stereocenters. The van der Waals surface area contributed by atoms with Gasteiger partial charge in [-0.15, -0.1) is 0 Å². The van der Waals surface area contributed by atoms with Crippen LogP contribution in [0.25, 0.3) is 0 Å². The number of unbranched alkanes of at least 4 members (excludes halogenated alkanes) is 1. The molecule has 20 heavy (non-hydrogen) atoms. The average Bonchev–Trinajstić information content (AvgIpc) is 2.43. The first-order chi connectivity index (χ1) is 9.76. The van der Waals surface area contributed by atoms with Crippen molar-refractivity contribution in [1.82, 2.24) is 16.0 Å². The van der Waals surface area contributed by atoms with Gasteiger partial charge < -0.3 is 16.0 Å². The van der Waals surface area contributed by atoms with Crippen LogP contribution in [0, 0.1) is 0 Å². The minimum Gasteiger partial charge on any atom is -0.317 e.